The number of fused-ring (bicyclic) bond motifs is 1. The third-order valence-electron chi connectivity index (χ3n) is 5.45. The van der Waals surface area contributed by atoms with Crippen LogP contribution in [0.25, 0.3) is 10.2 Å². The van der Waals surface area contributed by atoms with Crippen molar-refractivity contribution in [2.45, 2.75) is 37.5 Å². The highest BCUT2D eigenvalue weighted by molar-refractivity contribution is 7.89. The van der Waals surface area contributed by atoms with Gasteiger partial charge >= 0.3 is 0 Å². The molecule has 3 aromatic rings. The molecule has 0 N–H and O–H groups in total. The van der Waals surface area contributed by atoms with E-state index in [0.717, 1.165) is 11.3 Å². The van der Waals surface area contributed by atoms with E-state index in [4.69, 9.17) is 11.2 Å². The van der Waals surface area contributed by atoms with E-state index in [1.54, 1.807) is 10.6 Å². The molecule has 2 heterocycles. The molecule has 1 aliphatic heterocycles. The van der Waals surface area contributed by atoms with Gasteiger partial charge in [-0.25, -0.2) is 8.42 Å². The van der Waals surface area contributed by atoms with Crippen LogP contribution in [0.5, 0.6) is 0 Å². The van der Waals surface area contributed by atoms with Gasteiger partial charge in [-0.15, -0.1) is 6.42 Å². The van der Waals surface area contributed by atoms with E-state index in [-0.39, 0.29) is 52.8 Å². The second kappa shape index (κ2) is 9.71. The maximum absolute atomic E-state index is 13.0. The van der Waals surface area contributed by atoms with Crippen molar-refractivity contribution >= 4 is 43.2 Å². The van der Waals surface area contributed by atoms with Gasteiger partial charge in [0.15, 0.2) is 4.80 Å². The summed E-state index contributed by atoms with van der Waals surface area (Å²) in [6.45, 7) is 4.27. The van der Waals surface area contributed by atoms with Crippen molar-refractivity contribution in [3.63, 3.8) is 0 Å². The number of nitrogens with zero attached hydrogens (tertiary/aromatic N) is 4. The van der Waals surface area contributed by atoms with Gasteiger partial charge in [-0.1, -0.05) is 17.3 Å². The van der Waals surface area contributed by atoms with Crippen molar-refractivity contribution in [2.75, 3.05) is 13.1 Å². The van der Waals surface area contributed by atoms with E-state index in [1.165, 1.54) is 40.7 Å². The Bertz CT molecular complexity index is 1510. The number of ether oxygens (including phenoxy) is 1. The van der Waals surface area contributed by atoms with Crippen LogP contribution in [0.1, 0.15) is 24.2 Å². The van der Waals surface area contributed by atoms with E-state index in [2.05, 4.69) is 10.9 Å². The number of sulfonamides is 1. The molecular weight excluding hydrogens is 492 g/mol. The lowest BCUT2D eigenvalue weighted by Gasteiger charge is -2.34. The molecule has 1 aromatic heterocycles. The molecule has 2 atom stereocenters. The Morgan fingerprint density at radius 1 is 1.23 bits per heavy atom. The first-order valence-corrected chi connectivity index (χ1v) is 12.9. The number of benzene rings is 2. The van der Waals surface area contributed by atoms with Crippen molar-refractivity contribution in [1.29, 1.82) is 0 Å². The molecule has 0 aliphatic carbocycles. The molecule has 1 saturated heterocycles. The van der Waals surface area contributed by atoms with E-state index < -0.39 is 20.9 Å². The highest BCUT2D eigenvalue weighted by Gasteiger charge is 2.32. The lowest BCUT2D eigenvalue weighted by atomic mass is 10.2. The largest absolute Gasteiger partial charge is 0.373 e. The number of morpholine rings is 1. The number of carbonyl (C=O) groups excluding carboxylic acids is 1. The van der Waals surface area contributed by atoms with Crippen molar-refractivity contribution in [1.82, 2.24) is 8.87 Å². The molecule has 1 amide bonds. The number of aromatic nitrogens is 1. The van der Waals surface area contributed by atoms with Gasteiger partial charge in [0.2, 0.25) is 10.0 Å². The molecule has 0 spiro atoms. The molecule has 35 heavy (non-hydrogen) atoms. The second-order valence-electron chi connectivity index (χ2n) is 8.10. The first-order valence-electron chi connectivity index (χ1n) is 10.7. The number of hydrogen-bond donors (Lipinski definition) is 0. The van der Waals surface area contributed by atoms with Crippen molar-refractivity contribution in [3.8, 4) is 12.3 Å². The second-order valence-corrected chi connectivity index (χ2v) is 11.1. The zero-order valence-electron chi connectivity index (χ0n) is 18.9. The summed E-state index contributed by atoms with van der Waals surface area (Å²) in [6, 6.07) is 9.93. The Labute approximate surface area is 205 Å². The maximum atomic E-state index is 13.0. The third-order valence-corrected chi connectivity index (χ3v) is 8.34. The number of hydrogen-bond acceptors (Lipinski definition) is 7. The Balaban J connectivity index is 1.65. The first kappa shape index (κ1) is 24.7. The van der Waals surface area contributed by atoms with Gasteiger partial charge in [0, 0.05) is 30.8 Å². The van der Waals surface area contributed by atoms with Crippen LogP contribution >= 0.6 is 11.3 Å². The molecule has 0 saturated carbocycles. The average molecular weight is 515 g/mol. The number of non-ortho nitro benzene ring substituents is 1. The number of nitro benzene ring substituents is 1. The number of thiazole rings is 1. The van der Waals surface area contributed by atoms with Crippen LogP contribution in [0.2, 0.25) is 0 Å². The SMILES string of the molecule is C#CCn1c(=NC(=O)c2ccc(S(=O)(=O)N3CC(C)OC(C)C3)cc2)sc2cc([N+](=O)[O-])ccc21. The smallest absolute Gasteiger partial charge is 0.279 e. The average Bonchev–Trinajstić information content (AvgIpc) is 3.14. The topological polar surface area (TPSA) is 124 Å². The summed E-state index contributed by atoms with van der Waals surface area (Å²) in [4.78, 5) is 28.0. The normalized spacial score (nSPS) is 19.5. The molecule has 1 aliphatic rings. The summed E-state index contributed by atoms with van der Waals surface area (Å²) in [7, 11) is -3.74. The number of nitro groups is 1. The Hall–Kier alpha value is -3.37. The van der Waals surface area contributed by atoms with E-state index in [9.17, 15) is 23.3 Å². The lowest BCUT2D eigenvalue weighted by molar-refractivity contribution is -0.384. The molecule has 1 fully saturated rings. The molecule has 0 bridgehead atoms. The molecular formula is C23H22N4O6S2. The summed E-state index contributed by atoms with van der Waals surface area (Å²) in [5.74, 6) is 1.91. The molecule has 4 rings (SSSR count). The van der Waals surface area contributed by atoms with E-state index in [1.807, 2.05) is 13.8 Å². The van der Waals surface area contributed by atoms with E-state index in [0.29, 0.717) is 10.2 Å². The number of amides is 1. The Kier molecular flexibility index (Phi) is 6.86. The quantitative estimate of drug-likeness (QED) is 0.293. The van der Waals surface area contributed by atoms with Crippen molar-refractivity contribution in [2.24, 2.45) is 4.99 Å². The number of terminal acetylenes is 1. The third kappa shape index (κ3) is 5.03. The minimum Gasteiger partial charge on any atom is -0.373 e. The van der Waals surface area contributed by atoms with Gasteiger partial charge in [-0.2, -0.15) is 9.30 Å². The fraction of sp³-hybridized carbons (Fsp3) is 0.304. The molecule has 12 heteroatoms. The molecule has 10 nitrogen and oxygen atoms in total. The predicted molar refractivity (Wildman–Crippen MR) is 130 cm³/mol. The fourth-order valence-corrected chi connectivity index (χ4v) is 6.55. The molecule has 0 radical (unpaired) electrons. The Morgan fingerprint density at radius 2 is 1.89 bits per heavy atom. The van der Waals surface area contributed by atoms with Crippen molar-refractivity contribution in [3.05, 3.63) is 62.9 Å². The zero-order chi connectivity index (χ0) is 25.3. The summed E-state index contributed by atoms with van der Waals surface area (Å²) >= 11 is 1.11. The summed E-state index contributed by atoms with van der Waals surface area (Å²) < 4.78 is 35.3. The number of rotatable bonds is 5. The molecule has 2 unspecified atom stereocenters. The molecule has 2 aromatic carbocycles. The van der Waals surface area contributed by atoms with Gasteiger partial charge in [0.1, 0.15) is 0 Å². The van der Waals surface area contributed by atoms with Gasteiger partial charge in [-0.3, -0.25) is 14.9 Å². The van der Waals surface area contributed by atoms with Crippen LogP contribution in [-0.2, 0) is 21.3 Å². The van der Waals surface area contributed by atoms with Crippen LogP contribution in [-0.4, -0.2) is 53.4 Å². The van der Waals surface area contributed by atoms with Gasteiger partial charge in [0.25, 0.3) is 11.6 Å². The number of carbonyl (C=O) groups is 1. The van der Waals surface area contributed by atoms with Crippen LogP contribution < -0.4 is 4.80 Å². The monoisotopic (exact) mass is 514 g/mol. The van der Waals surface area contributed by atoms with E-state index >= 15 is 0 Å². The van der Waals surface area contributed by atoms with Gasteiger partial charge < -0.3 is 9.30 Å². The van der Waals surface area contributed by atoms with Crippen LogP contribution in [0.3, 0.4) is 0 Å². The summed E-state index contributed by atoms with van der Waals surface area (Å²) in [5.41, 5.74) is 0.745. The zero-order valence-corrected chi connectivity index (χ0v) is 20.6. The van der Waals surface area contributed by atoms with Crippen LogP contribution in [0, 0.1) is 22.5 Å². The Morgan fingerprint density at radius 3 is 2.49 bits per heavy atom. The summed E-state index contributed by atoms with van der Waals surface area (Å²) in [5, 5.41) is 11.1. The minimum absolute atomic E-state index is 0.0758. The fourth-order valence-electron chi connectivity index (χ4n) is 3.90. The van der Waals surface area contributed by atoms with Crippen molar-refractivity contribution < 1.29 is 22.9 Å². The highest BCUT2D eigenvalue weighted by Crippen LogP contribution is 2.24. The van der Waals surface area contributed by atoms with Gasteiger partial charge in [0.05, 0.1) is 38.8 Å². The molecule has 182 valence electrons. The van der Waals surface area contributed by atoms with Crippen LogP contribution in [0.4, 0.5) is 5.69 Å². The summed E-state index contributed by atoms with van der Waals surface area (Å²) in [6.07, 6.45) is 5.03. The minimum atomic E-state index is -3.74. The first-order chi connectivity index (χ1) is 16.6. The lowest BCUT2D eigenvalue weighted by Crippen LogP contribution is -2.48. The maximum Gasteiger partial charge on any atom is 0.279 e. The van der Waals surface area contributed by atoms with Crippen LogP contribution in [0.15, 0.2) is 52.4 Å². The highest BCUT2D eigenvalue weighted by atomic mass is 32.2. The predicted octanol–water partition coefficient (Wildman–Crippen LogP) is 2.78. The standard InChI is InChI=1S/C23H22N4O6S2/c1-4-11-26-20-10-7-18(27(29)30)12-21(20)34-23(26)24-22(28)17-5-8-19(9-6-17)35(31,32)25-13-15(2)33-16(3)14-25/h1,5-10,12,15-16H,11,13-14H2,2-3H3. The van der Waals surface area contributed by atoms with Gasteiger partial charge in [-0.05, 0) is 44.2 Å².